The molecular formula is C16H25BrN2O2. The minimum absolute atomic E-state index is 0.144. The number of aliphatic hydroxyl groups excluding tert-OH is 1. The summed E-state index contributed by atoms with van der Waals surface area (Å²) in [5, 5.41) is 13.0. The van der Waals surface area contributed by atoms with Crippen molar-refractivity contribution in [3.63, 3.8) is 0 Å². The van der Waals surface area contributed by atoms with Crippen LogP contribution in [0.3, 0.4) is 0 Å². The molecule has 1 saturated heterocycles. The first-order chi connectivity index (χ1) is 10.2. The maximum Gasteiger partial charge on any atom is 0.0644 e. The monoisotopic (exact) mass is 356 g/mol. The van der Waals surface area contributed by atoms with E-state index in [0.29, 0.717) is 12.6 Å². The van der Waals surface area contributed by atoms with E-state index in [1.54, 1.807) is 0 Å². The summed E-state index contributed by atoms with van der Waals surface area (Å²) in [5.41, 5.74) is 1.31. The zero-order chi connectivity index (χ0) is 15.1. The Morgan fingerprint density at radius 3 is 2.86 bits per heavy atom. The third-order valence-electron chi connectivity index (χ3n) is 3.99. The molecule has 0 bridgehead atoms. The Morgan fingerprint density at radius 2 is 2.19 bits per heavy atom. The molecule has 2 atom stereocenters. The molecule has 5 heteroatoms. The smallest absolute Gasteiger partial charge is 0.0644 e. The first-order valence-corrected chi connectivity index (χ1v) is 8.45. The number of rotatable bonds is 7. The van der Waals surface area contributed by atoms with E-state index in [1.165, 1.54) is 5.56 Å². The van der Waals surface area contributed by atoms with E-state index in [4.69, 9.17) is 4.74 Å². The summed E-state index contributed by atoms with van der Waals surface area (Å²) in [6, 6.07) is 9.01. The molecule has 0 amide bonds. The highest BCUT2D eigenvalue weighted by molar-refractivity contribution is 9.10. The van der Waals surface area contributed by atoms with Gasteiger partial charge >= 0.3 is 0 Å². The normalized spacial score (nSPS) is 21.4. The SMILES string of the molecule is CCNC(CCN1CCOCC1CO)c1ccc(Br)cc1. The minimum Gasteiger partial charge on any atom is -0.395 e. The maximum absolute atomic E-state index is 9.44. The van der Waals surface area contributed by atoms with Crippen molar-refractivity contribution in [1.82, 2.24) is 10.2 Å². The Hall–Kier alpha value is -0.460. The van der Waals surface area contributed by atoms with Crippen LogP contribution in [0.2, 0.25) is 0 Å². The number of hydrogen-bond donors (Lipinski definition) is 2. The molecule has 0 spiro atoms. The van der Waals surface area contributed by atoms with Gasteiger partial charge in [0.15, 0.2) is 0 Å². The van der Waals surface area contributed by atoms with Gasteiger partial charge in [0.05, 0.1) is 25.9 Å². The van der Waals surface area contributed by atoms with Gasteiger partial charge in [0.25, 0.3) is 0 Å². The summed E-state index contributed by atoms with van der Waals surface area (Å²) in [6.45, 7) is 6.54. The number of morpholine rings is 1. The molecule has 1 aliphatic rings. The molecule has 1 aromatic rings. The molecule has 1 aromatic carbocycles. The molecule has 4 nitrogen and oxygen atoms in total. The standard InChI is InChI=1S/C16H25BrN2O2/c1-2-18-16(13-3-5-14(17)6-4-13)7-8-19-9-10-21-12-15(19)11-20/h3-6,15-16,18,20H,2,7-12H2,1H3. The van der Waals surface area contributed by atoms with Gasteiger partial charge in [-0.25, -0.2) is 0 Å². The lowest BCUT2D eigenvalue weighted by molar-refractivity contribution is -0.0286. The van der Waals surface area contributed by atoms with Gasteiger partial charge in [0.1, 0.15) is 0 Å². The van der Waals surface area contributed by atoms with Crippen LogP contribution in [0.15, 0.2) is 28.7 Å². The topological polar surface area (TPSA) is 44.7 Å². The fourth-order valence-electron chi connectivity index (χ4n) is 2.77. The number of hydrogen-bond acceptors (Lipinski definition) is 4. The Bertz CT molecular complexity index is 413. The van der Waals surface area contributed by atoms with Crippen molar-refractivity contribution < 1.29 is 9.84 Å². The van der Waals surface area contributed by atoms with Crippen molar-refractivity contribution >= 4 is 15.9 Å². The molecule has 1 aliphatic heterocycles. The molecule has 0 saturated carbocycles. The quantitative estimate of drug-likeness (QED) is 0.785. The molecule has 2 rings (SSSR count). The van der Waals surface area contributed by atoms with Gasteiger partial charge in [-0.05, 0) is 30.7 Å². The Kier molecular flexibility index (Phi) is 7.13. The first kappa shape index (κ1) is 16.9. The van der Waals surface area contributed by atoms with Gasteiger partial charge in [-0.15, -0.1) is 0 Å². The second-order valence-corrected chi connectivity index (χ2v) is 6.31. The number of benzene rings is 1. The van der Waals surface area contributed by atoms with E-state index < -0.39 is 0 Å². The third-order valence-corrected chi connectivity index (χ3v) is 4.52. The lowest BCUT2D eigenvalue weighted by Gasteiger charge is -2.35. The molecule has 0 aliphatic carbocycles. The maximum atomic E-state index is 9.44. The van der Waals surface area contributed by atoms with Crippen molar-refractivity contribution in [1.29, 1.82) is 0 Å². The predicted octanol–water partition coefficient (Wildman–Crippen LogP) is 2.18. The Morgan fingerprint density at radius 1 is 1.43 bits per heavy atom. The average Bonchev–Trinajstić information content (AvgIpc) is 2.52. The second kappa shape index (κ2) is 8.86. The van der Waals surface area contributed by atoms with Gasteiger partial charge in [-0.3, -0.25) is 4.90 Å². The van der Waals surface area contributed by atoms with Crippen molar-refractivity contribution in [2.75, 3.05) is 39.5 Å². The van der Waals surface area contributed by atoms with Crippen LogP contribution < -0.4 is 5.32 Å². The summed E-state index contributed by atoms with van der Waals surface area (Å²) in [6.07, 6.45) is 1.03. The molecule has 1 heterocycles. The fourth-order valence-corrected chi connectivity index (χ4v) is 3.04. The molecular weight excluding hydrogens is 332 g/mol. The summed E-state index contributed by atoms with van der Waals surface area (Å²) in [5.74, 6) is 0. The van der Waals surface area contributed by atoms with Crippen LogP contribution in [-0.4, -0.2) is 55.5 Å². The van der Waals surface area contributed by atoms with E-state index in [1.807, 2.05) is 0 Å². The molecule has 2 N–H and O–H groups in total. The fraction of sp³-hybridized carbons (Fsp3) is 0.625. The van der Waals surface area contributed by atoms with Crippen molar-refractivity contribution in [2.45, 2.75) is 25.4 Å². The highest BCUT2D eigenvalue weighted by atomic mass is 79.9. The summed E-state index contributed by atoms with van der Waals surface area (Å²) < 4.78 is 6.54. The van der Waals surface area contributed by atoms with E-state index in [0.717, 1.165) is 37.1 Å². The molecule has 0 radical (unpaired) electrons. The van der Waals surface area contributed by atoms with Crippen LogP contribution in [0.1, 0.15) is 24.9 Å². The van der Waals surface area contributed by atoms with Gasteiger partial charge in [0.2, 0.25) is 0 Å². The van der Waals surface area contributed by atoms with Crippen LogP contribution in [0.4, 0.5) is 0 Å². The Balaban J connectivity index is 1.94. The van der Waals surface area contributed by atoms with E-state index in [9.17, 15) is 5.11 Å². The van der Waals surface area contributed by atoms with Crippen LogP contribution in [0.5, 0.6) is 0 Å². The highest BCUT2D eigenvalue weighted by Crippen LogP contribution is 2.21. The number of nitrogens with zero attached hydrogens (tertiary/aromatic N) is 1. The number of ether oxygens (including phenoxy) is 1. The molecule has 118 valence electrons. The molecule has 2 unspecified atom stereocenters. The number of aliphatic hydroxyl groups is 1. The largest absolute Gasteiger partial charge is 0.395 e. The van der Waals surface area contributed by atoms with Crippen LogP contribution in [0.25, 0.3) is 0 Å². The summed E-state index contributed by atoms with van der Waals surface area (Å²) in [7, 11) is 0. The molecule has 1 fully saturated rings. The van der Waals surface area contributed by atoms with Gasteiger partial charge in [-0.2, -0.15) is 0 Å². The molecule has 21 heavy (non-hydrogen) atoms. The van der Waals surface area contributed by atoms with Crippen molar-refractivity contribution in [3.8, 4) is 0 Å². The van der Waals surface area contributed by atoms with Crippen LogP contribution in [-0.2, 0) is 4.74 Å². The second-order valence-electron chi connectivity index (χ2n) is 5.40. The zero-order valence-corrected chi connectivity index (χ0v) is 14.2. The average molecular weight is 357 g/mol. The lowest BCUT2D eigenvalue weighted by Crippen LogP contribution is -2.48. The predicted molar refractivity (Wildman–Crippen MR) is 88.4 cm³/mol. The van der Waals surface area contributed by atoms with Gasteiger partial charge < -0.3 is 15.2 Å². The lowest BCUT2D eigenvalue weighted by atomic mass is 10.0. The first-order valence-electron chi connectivity index (χ1n) is 7.66. The van der Waals surface area contributed by atoms with Crippen LogP contribution >= 0.6 is 15.9 Å². The molecule has 0 aromatic heterocycles. The Labute approximate surface area is 135 Å². The summed E-state index contributed by atoms with van der Waals surface area (Å²) >= 11 is 3.48. The van der Waals surface area contributed by atoms with Crippen molar-refractivity contribution in [2.24, 2.45) is 0 Å². The van der Waals surface area contributed by atoms with E-state index in [2.05, 4.69) is 57.3 Å². The van der Waals surface area contributed by atoms with E-state index in [-0.39, 0.29) is 12.6 Å². The number of nitrogens with one attached hydrogen (secondary N) is 1. The minimum atomic E-state index is 0.144. The third kappa shape index (κ3) is 5.04. The summed E-state index contributed by atoms with van der Waals surface area (Å²) in [4.78, 5) is 2.34. The van der Waals surface area contributed by atoms with E-state index >= 15 is 0 Å². The van der Waals surface area contributed by atoms with Crippen molar-refractivity contribution in [3.05, 3.63) is 34.3 Å². The highest BCUT2D eigenvalue weighted by Gasteiger charge is 2.23. The number of halogens is 1. The zero-order valence-electron chi connectivity index (χ0n) is 12.6. The van der Waals surface area contributed by atoms with Gasteiger partial charge in [-0.1, -0.05) is 35.0 Å². The van der Waals surface area contributed by atoms with Crippen LogP contribution in [0, 0.1) is 0 Å². The van der Waals surface area contributed by atoms with Gasteiger partial charge in [0, 0.05) is 23.6 Å².